The molecule has 1 aromatic carbocycles. The van der Waals surface area contributed by atoms with Crippen LogP contribution in [0.2, 0.25) is 0 Å². The number of fused-ring (bicyclic) bond motifs is 1. The number of carbonyl (C=O) groups excluding carboxylic acids is 1. The predicted octanol–water partition coefficient (Wildman–Crippen LogP) is 1.60. The summed E-state index contributed by atoms with van der Waals surface area (Å²) in [4.78, 5) is 12.5. The lowest BCUT2D eigenvalue weighted by Gasteiger charge is -2.18. The molecule has 22 heavy (non-hydrogen) atoms. The van der Waals surface area contributed by atoms with Crippen molar-refractivity contribution >= 4 is 33.0 Å². The maximum Gasteiger partial charge on any atom is 0.262 e. The summed E-state index contributed by atoms with van der Waals surface area (Å²) in [6.07, 6.45) is 0.641. The zero-order chi connectivity index (χ0) is 15.6. The Hall–Kier alpha value is -1.90. The molecule has 1 amide bonds. The van der Waals surface area contributed by atoms with Crippen LogP contribution in [0, 0.1) is 0 Å². The first-order chi connectivity index (χ1) is 10.5. The van der Waals surface area contributed by atoms with E-state index >= 15 is 0 Å². The Morgan fingerprint density at radius 2 is 2.18 bits per heavy atom. The van der Waals surface area contributed by atoms with Crippen LogP contribution in [0.25, 0.3) is 0 Å². The Kier molecular flexibility index (Phi) is 4.14. The third-order valence-electron chi connectivity index (χ3n) is 3.14. The van der Waals surface area contributed by atoms with Crippen molar-refractivity contribution in [3.05, 3.63) is 40.6 Å². The molecule has 0 bridgehead atoms. The first-order valence-electron chi connectivity index (χ1n) is 6.63. The fourth-order valence-electron chi connectivity index (χ4n) is 2.08. The number of rotatable bonds is 5. The summed E-state index contributed by atoms with van der Waals surface area (Å²) in [6.45, 7) is 0.265. The van der Waals surface area contributed by atoms with Gasteiger partial charge in [0, 0.05) is 11.4 Å². The molecule has 3 rings (SSSR count). The van der Waals surface area contributed by atoms with Gasteiger partial charge in [0.15, 0.2) is 6.61 Å². The van der Waals surface area contributed by atoms with Crippen molar-refractivity contribution < 1.29 is 17.9 Å². The molecule has 0 radical (unpaired) electrons. The van der Waals surface area contributed by atoms with E-state index in [2.05, 4.69) is 10.0 Å². The van der Waals surface area contributed by atoms with Crippen LogP contribution >= 0.6 is 11.3 Å². The molecule has 2 aromatic rings. The Bertz CT molecular complexity index is 785. The maximum absolute atomic E-state index is 12.3. The van der Waals surface area contributed by atoms with Crippen molar-refractivity contribution in [1.82, 2.24) is 4.72 Å². The second kappa shape index (κ2) is 6.07. The molecule has 0 aliphatic carbocycles. The standard InChI is InChI=1S/C14H14N2O4S2/c17-14-9-20-13-4-3-11(8-12(13)16-14)22(18,19)15-6-5-10-2-1-7-21-10/h1-4,7-8,15H,5-6,9H2,(H,16,17). The number of benzene rings is 1. The molecule has 1 aliphatic rings. The molecule has 1 aliphatic heterocycles. The number of hydrogen-bond donors (Lipinski definition) is 2. The zero-order valence-corrected chi connectivity index (χ0v) is 13.2. The van der Waals surface area contributed by atoms with Crippen molar-refractivity contribution in [1.29, 1.82) is 0 Å². The molecule has 6 nitrogen and oxygen atoms in total. The van der Waals surface area contributed by atoms with Crippen LogP contribution in [-0.4, -0.2) is 27.5 Å². The van der Waals surface area contributed by atoms with Crippen molar-refractivity contribution in [3.63, 3.8) is 0 Å². The average molecular weight is 338 g/mol. The Labute approximate surface area is 132 Å². The van der Waals surface area contributed by atoms with Gasteiger partial charge >= 0.3 is 0 Å². The monoisotopic (exact) mass is 338 g/mol. The van der Waals surface area contributed by atoms with E-state index in [1.165, 1.54) is 12.1 Å². The largest absolute Gasteiger partial charge is 0.482 e. The molecule has 0 fully saturated rings. The molecule has 0 saturated carbocycles. The van der Waals surface area contributed by atoms with E-state index in [0.29, 0.717) is 24.4 Å². The summed E-state index contributed by atoms with van der Waals surface area (Å²) in [5, 5.41) is 4.55. The summed E-state index contributed by atoms with van der Waals surface area (Å²) < 4.78 is 32.3. The maximum atomic E-state index is 12.3. The predicted molar refractivity (Wildman–Crippen MR) is 83.8 cm³/mol. The van der Waals surface area contributed by atoms with Gasteiger partial charge in [0.25, 0.3) is 5.91 Å². The fraction of sp³-hybridized carbons (Fsp3) is 0.214. The minimum absolute atomic E-state index is 0.0574. The van der Waals surface area contributed by atoms with Gasteiger partial charge in [0.1, 0.15) is 5.75 Å². The number of amides is 1. The highest BCUT2D eigenvalue weighted by atomic mass is 32.2. The molecule has 8 heteroatoms. The van der Waals surface area contributed by atoms with Crippen LogP contribution in [0.15, 0.2) is 40.6 Å². The highest BCUT2D eigenvalue weighted by molar-refractivity contribution is 7.89. The van der Waals surface area contributed by atoms with Gasteiger partial charge in [-0.3, -0.25) is 4.79 Å². The minimum Gasteiger partial charge on any atom is -0.482 e. The van der Waals surface area contributed by atoms with E-state index in [1.54, 1.807) is 17.4 Å². The van der Waals surface area contributed by atoms with E-state index in [-0.39, 0.29) is 17.4 Å². The van der Waals surface area contributed by atoms with Gasteiger partial charge in [-0.05, 0) is 36.1 Å². The van der Waals surface area contributed by atoms with E-state index < -0.39 is 10.0 Å². The van der Waals surface area contributed by atoms with Crippen LogP contribution in [0.5, 0.6) is 5.75 Å². The molecule has 0 atom stereocenters. The normalized spacial score (nSPS) is 14.1. The fourth-order valence-corrected chi connectivity index (χ4v) is 3.84. The summed E-state index contributed by atoms with van der Waals surface area (Å²) in [7, 11) is -3.62. The number of anilines is 1. The molecule has 2 heterocycles. The highest BCUT2D eigenvalue weighted by Gasteiger charge is 2.20. The lowest BCUT2D eigenvalue weighted by atomic mass is 10.2. The lowest BCUT2D eigenvalue weighted by molar-refractivity contribution is -0.118. The third-order valence-corrected chi connectivity index (χ3v) is 5.53. The van der Waals surface area contributed by atoms with E-state index in [0.717, 1.165) is 4.88 Å². The molecule has 2 N–H and O–H groups in total. The third kappa shape index (κ3) is 3.29. The molecule has 0 saturated heterocycles. The quantitative estimate of drug-likeness (QED) is 0.867. The first kappa shape index (κ1) is 15.0. The van der Waals surface area contributed by atoms with Gasteiger partial charge in [0.2, 0.25) is 10.0 Å². The van der Waals surface area contributed by atoms with Gasteiger partial charge in [0.05, 0.1) is 10.6 Å². The van der Waals surface area contributed by atoms with Crippen LogP contribution in [-0.2, 0) is 21.2 Å². The minimum atomic E-state index is -3.62. The zero-order valence-electron chi connectivity index (χ0n) is 11.5. The smallest absolute Gasteiger partial charge is 0.262 e. The summed E-state index contributed by atoms with van der Waals surface area (Å²) >= 11 is 1.59. The summed E-state index contributed by atoms with van der Waals surface area (Å²) in [5.74, 6) is 0.171. The van der Waals surface area contributed by atoms with Crippen molar-refractivity contribution in [3.8, 4) is 5.75 Å². The highest BCUT2D eigenvalue weighted by Crippen LogP contribution is 2.29. The molecule has 0 unspecified atom stereocenters. The molecule has 1 aromatic heterocycles. The Morgan fingerprint density at radius 1 is 1.32 bits per heavy atom. The summed E-state index contributed by atoms with van der Waals surface area (Å²) in [6, 6.07) is 8.30. The van der Waals surface area contributed by atoms with Crippen LogP contribution in [0.3, 0.4) is 0 Å². The van der Waals surface area contributed by atoms with Gasteiger partial charge < -0.3 is 10.1 Å². The molecule has 116 valence electrons. The molecule has 0 spiro atoms. The number of hydrogen-bond acceptors (Lipinski definition) is 5. The van der Waals surface area contributed by atoms with Crippen molar-refractivity contribution in [2.45, 2.75) is 11.3 Å². The van der Waals surface area contributed by atoms with Crippen LogP contribution < -0.4 is 14.8 Å². The second-order valence-corrected chi connectivity index (χ2v) is 7.52. The van der Waals surface area contributed by atoms with Crippen molar-refractivity contribution in [2.75, 3.05) is 18.5 Å². The number of carbonyl (C=O) groups is 1. The van der Waals surface area contributed by atoms with Gasteiger partial charge in [-0.1, -0.05) is 6.07 Å². The average Bonchev–Trinajstić information content (AvgIpc) is 2.99. The first-order valence-corrected chi connectivity index (χ1v) is 9.00. The Morgan fingerprint density at radius 3 is 2.95 bits per heavy atom. The number of thiophene rings is 1. The number of nitrogens with one attached hydrogen (secondary N) is 2. The van der Waals surface area contributed by atoms with Crippen LogP contribution in [0.1, 0.15) is 4.88 Å². The lowest BCUT2D eigenvalue weighted by Crippen LogP contribution is -2.28. The van der Waals surface area contributed by atoms with Gasteiger partial charge in [-0.2, -0.15) is 0 Å². The van der Waals surface area contributed by atoms with Gasteiger partial charge in [-0.25, -0.2) is 13.1 Å². The number of ether oxygens (including phenoxy) is 1. The molecular formula is C14H14N2O4S2. The van der Waals surface area contributed by atoms with E-state index in [9.17, 15) is 13.2 Å². The van der Waals surface area contributed by atoms with Gasteiger partial charge in [-0.15, -0.1) is 11.3 Å². The topological polar surface area (TPSA) is 84.5 Å². The SMILES string of the molecule is O=C1COc2ccc(S(=O)(=O)NCCc3cccs3)cc2N1. The summed E-state index contributed by atoms with van der Waals surface area (Å²) in [5.41, 5.74) is 0.373. The molecular weight excluding hydrogens is 324 g/mol. The van der Waals surface area contributed by atoms with Crippen molar-refractivity contribution in [2.24, 2.45) is 0 Å². The van der Waals surface area contributed by atoms with E-state index in [1.807, 2.05) is 17.5 Å². The second-order valence-electron chi connectivity index (χ2n) is 4.72. The van der Waals surface area contributed by atoms with E-state index in [4.69, 9.17) is 4.74 Å². The Balaban J connectivity index is 1.71. The van der Waals surface area contributed by atoms with Crippen LogP contribution in [0.4, 0.5) is 5.69 Å². The number of sulfonamides is 1.